The highest BCUT2D eigenvalue weighted by atomic mass is 16.4. The van der Waals surface area contributed by atoms with E-state index < -0.39 is 24.1 Å². The molecule has 0 aromatic rings. The molecule has 1 heterocycles. The Labute approximate surface area is 92.6 Å². The third-order valence-corrected chi connectivity index (χ3v) is 3.38. The number of nitrogens with zero attached hydrogens (tertiary/aromatic N) is 1. The number of carboxylic acids is 1. The lowest BCUT2D eigenvalue weighted by atomic mass is 9.80. The molecule has 3 amide bonds. The molecule has 1 aliphatic heterocycles. The number of carbonyl (C=O) groups excluding carboxylic acids is 2. The van der Waals surface area contributed by atoms with E-state index in [0.29, 0.717) is 12.8 Å². The van der Waals surface area contributed by atoms with Gasteiger partial charge in [0.05, 0.1) is 0 Å². The Morgan fingerprint density at radius 1 is 1.31 bits per heavy atom. The molecule has 1 saturated carbocycles. The van der Waals surface area contributed by atoms with E-state index in [2.05, 4.69) is 5.32 Å². The maximum Gasteiger partial charge on any atom is 0.325 e. The fraction of sp³-hybridized carbons (Fsp3) is 0.700. The summed E-state index contributed by atoms with van der Waals surface area (Å²) in [6.45, 7) is -0.405. The summed E-state index contributed by atoms with van der Waals surface area (Å²) in [4.78, 5) is 35.2. The van der Waals surface area contributed by atoms with Crippen LogP contribution in [0.4, 0.5) is 4.79 Å². The number of rotatable bonds is 2. The highest BCUT2D eigenvalue weighted by Crippen LogP contribution is 2.36. The van der Waals surface area contributed by atoms with Crippen LogP contribution in [0.5, 0.6) is 0 Å². The zero-order chi connectivity index (χ0) is 11.8. The van der Waals surface area contributed by atoms with Crippen molar-refractivity contribution in [3.05, 3.63) is 0 Å². The second kappa shape index (κ2) is 3.77. The molecule has 1 aliphatic carbocycles. The Kier molecular flexibility index (Phi) is 2.57. The van der Waals surface area contributed by atoms with Gasteiger partial charge >= 0.3 is 12.0 Å². The second-order valence-electron chi connectivity index (χ2n) is 4.33. The second-order valence-corrected chi connectivity index (χ2v) is 4.33. The normalized spacial score (nSPS) is 23.6. The first-order chi connectivity index (χ1) is 7.56. The van der Waals surface area contributed by atoms with Crippen LogP contribution in [0.2, 0.25) is 0 Å². The Morgan fingerprint density at radius 2 is 1.94 bits per heavy atom. The van der Waals surface area contributed by atoms with E-state index >= 15 is 0 Å². The van der Waals surface area contributed by atoms with Crippen LogP contribution in [0.25, 0.3) is 0 Å². The zero-order valence-corrected chi connectivity index (χ0v) is 8.86. The zero-order valence-electron chi connectivity index (χ0n) is 8.86. The SMILES string of the molecule is O=C(O)CN1C(=O)NC(=O)C12CCCCC2. The standard InChI is InChI=1S/C10H14N2O4/c13-7(14)6-12-9(16)11-8(15)10(12)4-2-1-3-5-10/h1-6H2,(H,13,14)(H,11,15,16). The topological polar surface area (TPSA) is 86.7 Å². The minimum Gasteiger partial charge on any atom is -0.480 e. The van der Waals surface area contributed by atoms with Gasteiger partial charge in [0.1, 0.15) is 12.1 Å². The van der Waals surface area contributed by atoms with Gasteiger partial charge in [-0.2, -0.15) is 0 Å². The van der Waals surface area contributed by atoms with Crippen molar-refractivity contribution < 1.29 is 19.5 Å². The fourth-order valence-electron chi connectivity index (χ4n) is 2.59. The molecule has 1 saturated heterocycles. The van der Waals surface area contributed by atoms with Crippen LogP contribution in [-0.4, -0.2) is 40.0 Å². The highest BCUT2D eigenvalue weighted by Gasteiger charge is 2.53. The van der Waals surface area contributed by atoms with E-state index in [0.717, 1.165) is 19.3 Å². The summed E-state index contributed by atoms with van der Waals surface area (Å²) < 4.78 is 0. The molecule has 0 atom stereocenters. The van der Waals surface area contributed by atoms with Gasteiger partial charge in [0.25, 0.3) is 5.91 Å². The van der Waals surface area contributed by atoms with Gasteiger partial charge in [-0.25, -0.2) is 4.79 Å². The Morgan fingerprint density at radius 3 is 2.50 bits per heavy atom. The number of aliphatic carboxylic acids is 1. The lowest BCUT2D eigenvalue weighted by Crippen LogP contribution is -2.52. The van der Waals surface area contributed by atoms with Crippen molar-refractivity contribution in [2.24, 2.45) is 0 Å². The summed E-state index contributed by atoms with van der Waals surface area (Å²) in [5.74, 6) is -1.42. The van der Waals surface area contributed by atoms with E-state index in [1.165, 1.54) is 4.90 Å². The van der Waals surface area contributed by atoms with Crippen molar-refractivity contribution in [2.75, 3.05) is 6.54 Å². The number of nitrogens with one attached hydrogen (secondary N) is 1. The summed E-state index contributed by atoms with van der Waals surface area (Å²) >= 11 is 0. The van der Waals surface area contributed by atoms with Gasteiger partial charge in [-0.05, 0) is 12.8 Å². The van der Waals surface area contributed by atoms with E-state index in [1.807, 2.05) is 0 Å². The molecular weight excluding hydrogens is 212 g/mol. The molecule has 88 valence electrons. The number of amides is 3. The van der Waals surface area contributed by atoms with Crippen LogP contribution in [0.15, 0.2) is 0 Å². The molecule has 6 nitrogen and oxygen atoms in total. The van der Waals surface area contributed by atoms with E-state index in [1.54, 1.807) is 0 Å². The van der Waals surface area contributed by atoms with Crippen LogP contribution >= 0.6 is 0 Å². The lowest BCUT2D eigenvalue weighted by Gasteiger charge is -2.37. The largest absolute Gasteiger partial charge is 0.480 e. The quantitative estimate of drug-likeness (QED) is 0.664. The number of urea groups is 1. The Hall–Kier alpha value is -1.59. The first-order valence-corrected chi connectivity index (χ1v) is 5.41. The molecule has 1 spiro atoms. The minimum atomic E-state index is -1.09. The Bertz CT molecular complexity index is 347. The van der Waals surface area contributed by atoms with Crippen LogP contribution < -0.4 is 5.32 Å². The molecule has 0 radical (unpaired) electrons. The Balaban J connectivity index is 2.27. The smallest absolute Gasteiger partial charge is 0.325 e. The number of imide groups is 1. The summed E-state index contributed by atoms with van der Waals surface area (Å²) in [6.07, 6.45) is 3.88. The molecule has 2 rings (SSSR count). The van der Waals surface area contributed by atoms with E-state index in [-0.39, 0.29) is 5.91 Å². The number of hydrogen-bond acceptors (Lipinski definition) is 3. The molecule has 0 bridgehead atoms. The predicted octanol–water partition coefficient (Wildman–Crippen LogP) is 0.326. The van der Waals surface area contributed by atoms with Crippen molar-refractivity contribution >= 4 is 17.9 Å². The highest BCUT2D eigenvalue weighted by molar-refractivity contribution is 6.07. The van der Waals surface area contributed by atoms with Crippen molar-refractivity contribution in [2.45, 2.75) is 37.6 Å². The minimum absolute atomic E-state index is 0.335. The third-order valence-electron chi connectivity index (χ3n) is 3.38. The average Bonchev–Trinajstić information content (AvgIpc) is 2.44. The first kappa shape index (κ1) is 10.9. The van der Waals surface area contributed by atoms with Crippen LogP contribution in [0.3, 0.4) is 0 Å². The van der Waals surface area contributed by atoms with Gasteiger partial charge in [-0.3, -0.25) is 19.8 Å². The van der Waals surface area contributed by atoms with E-state index in [4.69, 9.17) is 5.11 Å². The molecule has 2 N–H and O–H groups in total. The summed E-state index contributed by atoms with van der Waals surface area (Å²) in [5, 5.41) is 11.0. The monoisotopic (exact) mass is 226 g/mol. The average molecular weight is 226 g/mol. The summed E-state index contributed by atoms with van der Waals surface area (Å²) in [5.41, 5.74) is -0.895. The molecular formula is C10H14N2O4. The lowest BCUT2D eigenvalue weighted by molar-refractivity contribution is -0.140. The van der Waals surface area contributed by atoms with Gasteiger partial charge in [-0.1, -0.05) is 19.3 Å². The fourth-order valence-corrected chi connectivity index (χ4v) is 2.59. The van der Waals surface area contributed by atoms with Crippen LogP contribution in [0, 0.1) is 0 Å². The molecule has 2 aliphatic rings. The molecule has 16 heavy (non-hydrogen) atoms. The van der Waals surface area contributed by atoms with Gasteiger partial charge < -0.3 is 5.11 Å². The van der Waals surface area contributed by atoms with Crippen molar-refractivity contribution in [1.82, 2.24) is 10.2 Å². The molecule has 6 heteroatoms. The summed E-state index contributed by atoms with van der Waals surface area (Å²) in [7, 11) is 0. The van der Waals surface area contributed by atoms with Gasteiger partial charge in [0, 0.05) is 0 Å². The maximum atomic E-state index is 11.8. The van der Waals surface area contributed by atoms with Crippen molar-refractivity contribution in [3.8, 4) is 0 Å². The molecule has 0 aromatic carbocycles. The van der Waals surface area contributed by atoms with Gasteiger partial charge in [0.15, 0.2) is 0 Å². The van der Waals surface area contributed by atoms with Crippen LogP contribution in [0.1, 0.15) is 32.1 Å². The maximum absolute atomic E-state index is 11.8. The van der Waals surface area contributed by atoms with Crippen molar-refractivity contribution in [3.63, 3.8) is 0 Å². The first-order valence-electron chi connectivity index (χ1n) is 5.41. The van der Waals surface area contributed by atoms with E-state index in [9.17, 15) is 14.4 Å². The number of carboxylic acid groups (broad SMARTS) is 1. The number of hydrogen-bond donors (Lipinski definition) is 2. The molecule has 2 fully saturated rings. The van der Waals surface area contributed by atoms with Crippen molar-refractivity contribution in [1.29, 1.82) is 0 Å². The van der Waals surface area contributed by atoms with Gasteiger partial charge in [-0.15, -0.1) is 0 Å². The predicted molar refractivity (Wildman–Crippen MR) is 53.7 cm³/mol. The number of carbonyl (C=O) groups is 3. The molecule has 0 aromatic heterocycles. The summed E-state index contributed by atoms with van der Waals surface area (Å²) in [6, 6.07) is -0.575. The van der Waals surface area contributed by atoms with Gasteiger partial charge in [0.2, 0.25) is 0 Å². The van der Waals surface area contributed by atoms with Crippen LogP contribution in [-0.2, 0) is 9.59 Å². The third kappa shape index (κ3) is 1.54. The molecule has 0 unspecified atom stereocenters.